The normalized spacial score (nSPS) is 12.6. The maximum atomic E-state index is 4.47. The second-order valence-electron chi connectivity index (χ2n) is 5.33. The first-order valence-electron chi connectivity index (χ1n) is 7.42. The SMILES string of the molecule is CCNC(CCc1cccnc1)Cc1c(Br)c(C)nn1C. The van der Waals surface area contributed by atoms with Crippen molar-refractivity contribution in [3.63, 3.8) is 0 Å². The molecule has 0 aromatic carbocycles. The molecule has 2 aromatic rings. The molecular weight excluding hydrogens is 328 g/mol. The first-order valence-corrected chi connectivity index (χ1v) is 8.21. The Labute approximate surface area is 135 Å². The maximum Gasteiger partial charge on any atom is 0.0738 e. The van der Waals surface area contributed by atoms with Crippen LogP contribution in [-0.4, -0.2) is 27.4 Å². The Hall–Kier alpha value is -1.20. The van der Waals surface area contributed by atoms with Gasteiger partial charge in [-0.05, 0) is 53.9 Å². The van der Waals surface area contributed by atoms with Crippen molar-refractivity contribution >= 4 is 15.9 Å². The zero-order valence-electron chi connectivity index (χ0n) is 12.9. The summed E-state index contributed by atoms with van der Waals surface area (Å²) in [7, 11) is 2.01. The Morgan fingerprint density at radius 3 is 2.81 bits per heavy atom. The Balaban J connectivity index is 2.02. The smallest absolute Gasteiger partial charge is 0.0738 e. The zero-order chi connectivity index (χ0) is 15.2. The molecule has 0 saturated carbocycles. The topological polar surface area (TPSA) is 42.7 Å². The largest absolute Gasteiger partial charge is 0.314 e. The summed E-state index contributed by atoms with van der Waals surface area (Å²) in [5, 5.41) is 8.06. The lowest BCUT2D eigenvalue weighted by molar-refractivity contribution is 0.476. The molecule has 2 rings (SSSR count). The van der Waals surface area contributed by atoms with Crippen molar-refractivity contribution in [3.8, 4) is 0 Å². The van der Waals surface area contributed by atoms with Crippen LogP contribution >= 0.6 is 15.9 Å². The highest BCUT2D eigenvalue weighted by atomic mass is 79.9. The van der Waals surface area contributed by atoms with Crippen LogP contribution in [0.25, 0.3) is 0 Å². The van der Waals surface area contributed by atoms with Gasteiger partial charge in [0.2, 0.25) is 0 Å². The minimum atomic E-state index is 0.446. The number of nitrogens with one attached hydrogen (secondary N) is 1. The molecule has 1 atom stereocenters. The van der Waals surface area contributed by atoms with E-state index in [1.54, 1.807) is 0 Å². The van der Waals surface area contributed by atoms with E-state index in [1.807, 2.05) is 37.1 Å². The zero-order valence-corrected chi connectivity index (χ0v) is 14.5. The second kappa shape index (κ2) is 7.71. The number of aryl methyl sites for hydroxylation is 3. The Morgan fingerprint density at radius 2 is 2.24 bits per heavy atom. The molecule has 0 bridgehead atoms. The number of likely N-dealkylation sites (N-methyl/N-ethyl adjacent to an activating group) is 1. The molecule has 0 spiro atoms. The van der Waals surface area contributed by atoms with E-state index in [-0.39, 0.29) is 0 Å². The molecule has 0 fully saturated rings. The van der Waals surface area contributed by atoms with Gasteiger partial charge in [-0.25, -0.2) is 0 Å². The monoisotopic (exact) mass is 350 g/mol. The summed E-state index contributed by atoms with van der Waals surface area (Å²) in [4.78, 5) is 4.18. The fourth-order valence-corrected chi connectivity index (χ4v) is 3.08. The second-order valence-corrected chi connectivity index (χ2v) is 6.12. The average molecular weight is 351 g/mol. The van der Waals surface area contributed by atoms with Gasteiger partial charge in [0.15, 0.2) is 0 Å². The number of hydrogen-bond donors (Lipinski definition) is 1. The molecule has 1 unspecified atom stereocenters. The van der Waals surface area contributed by atoms with Crippen LogP contribution in [0.2, 0.25) is 0 Å². The summed E-state index contributed by atoms with van der Waals surface area (Å²) in [6.07, 6.45) is 6.89. The molecule has 0 radical (unpaired) electrons. The molecular formula is C16H23BrN4. The maximum absolute atomic E-state index is 4.47. The van der Waals surface area contributed by atoms with E-state index >= 15 is 0 Å². The van der Waals surface area contributed by atoms with Gasteiger partial charge in [-0.2, -0.15) is 5.10 Å². The number of rotatable bonds is 7. The lowest BCUT2D eigenvalue weighted by Gasteiger charge is -2.18. The van der Waals surface area contributed by atoms with Crippen LogP contribution in [0, 0.1) is 6.92 Å². The molecule has 0 amide bonds. The van der Waals surface area contributed by atoms with Crippen LogP contribution < -0.4 is 5.32 Å². The predicted octanol–water partition coefficient (Wildman–Crippen LogP) is 3.04. The van der Waals surface area contributed by atoms with Crippen molar-refractivity contribution in [1.82, 2.24) is 20.1 Å². The highest BCUT2D eigenvalue weighted by Gasteiger charge is 2.16. The minimum absolute atomic E-state index is 0.446. The third kappa shape index (κ3) is 4.38. The number of aromatic nitrogens is 3. The van der Waals surface area contributed by atoms with Crippen molar-refractivity contribution in [1.29, 1.82) is 0 Å². The van der Waals surface area contributed by atoms with Crippen molar-refractivity contribution in [2.75, 3.05) is 6.54 Å². The van der Waals surface area contributed by atoms with Gasteiger partial charge < -0.3 is 5.32 Å². The van der Waals surface area contributed by atoms with Gasteiger partial charge in [0.25, 0.3) is 0 Å². The van der Waals surface area contributed by atoms with Gasteiger partial charge in [-0.1, -0.05) is 13.0 Å². The molecule has 4 nitrogen and oxygen atoms in total. The van der Waals surface area contributed by atoms with Crippen LogP contribution in [0.15, 0.2) is 29.0 Å². The first-order chi connectivity index (χ1) is 10.1. The van der Waals surface area contributed by atoms with Crippen LogP contribution in [-0.2, 0) is 19.9 Å². The van der Waals surface area contributed by atoms with Gasteiger partial charge in [0.05, 0.1) is 15.9 Å². The third-order valence-electron chi connectivity index (χ3n) is 3.70. The van der Waals surface area contributed by atoms with Gasteiger partial charge >= 0.3 is 0 Å². The molecule has 0 aliphatic heterocycles. The van der Waals surface area contributed by atoms with Gasteiger partial charge in [-0.3, -0.25) is 9.67 Å². The summed E-state index contributed by atoms with van der Waals surface area (Å²) < 4.78 is 3.11. The fraction of sp³-hybridized carbons (Fsp3) is 0.500. The third-order valence-corrected chi connectivity index (χ3v) is 4.73. The molecule has 0 saturated heterocycles. The van der Waals surface area contributed by atoms with Crippen LogP contribution in [0.5, 0.6) is 0 Å². The Morgan fingerprint density at radius 1 is 1.43 bits per heavy atom. The summed E-state index contributed by atoms with van der Waals surface area (Å²) in [5.74, 6) is 0. The van der Waals surface area contributed by atoms with Gasteiger partial charge in [0, 0.05) is 31.9 Å². The van der Waals surface area contributed by atoms with Crippen LogP contribution in [0.1, 0.15) is 30.3 Å². The average Bonchev–Trinajstić information content (AvgIpc) is 2.72. The van der Waals surface area contributed by atoms with E-state index in [0.717, 1.165) is 36.0 Å². The summed E-state index contributed by atoms with van der Waals surface area (Å²) in [6, 6.07) is 4.58. The lowest BCUT2D eigenvalue weighted by atomic mass is 10.0. The molecule has 114 valence electrons. The number of hydrogen-bond acceptors (Lipinski definition) is 3. The molecule has 5 heteroatoms. The highest BCUT2D eigenvalue weighted by Crippen LogP contribution is 2.22. The van der Waals surface area contributed by atoms with Crippen LogP contribution in [0.3, 0.4) is 0 Å². The lowest BCUT2D eigenvalue weighted by Crippen LogP contribution is -2.32. The van der Waals surface area contributed by atoms with Crippen molar-refractivity contribution in [2.45, 2.75) is 39.2 Å². The van der Waals surface area contributed by atoms with Gasteiger partial charge in [-0.15, -0.1) is 0 Å². The van der Waals surface area contributed by atoms with E-state index in [4.69, 9.17) is 0 Å². The molecule has 0 aliphatic carbocycles. The molecule has 21 heavy (non-hydrogen) atoms. The van der Waals surface area contributed by atoms with E-state index in [2.05, 4.69) is 44.3 Å². The van der Waals surface area contributed by atoms with E-state index in [9.17, 15) is 0 Å². The minimum Gasteiger partial charge on any atom is -0.314 e. The first kappa shape index (κ1) is 16.2. The molecule has 1 N–H and O–H groups in total. The fourth-order valence-electron chi connectivity index (χ4n) is 2.59. The van der Waals surface area contributed by atoms with Crippen molar-refractivity contribution < 1.29 is 0 Å². The van der Waals surface area contributed by atoms with Crippen molar-refractivity contribution in [3.05, 3.63) is 46.0 Å². The molecule has 2 heterocycles. The van der Waals surface area contributed by atoms with Crippen molar-refractivity contribution in [2.24, 2.45) is 7.05 Å². The quantitative estimate of drug-likeness (QED) is 0.834. The van der Waals surface area contributed by atoms with E-state index in [1.165, 1.54) is 11.3 Å². The summed E-state index contributed by atoms with van der Waals surface area (Å²) in [6.45, 7) is 5.16. The summed E-state index contributed by atoms with van der Waals surface area (Å²) >= 11 is 3.66. The van der Waals surface area contributed by atoms with Gasteiger partial charge in [0.1, 0.15) is 0 Å². The van der Waals surface area contributed by atoms with Crippen LogP contribution in [0.4, 0.5) is 0 Å². The number of pyridine rings is 1. The summed E-state index contributed by atoms with van der Waals surface area (Å²) in [5.41, 5.74) is 3.60. The van der Waals surface area contributed by atoms with E-state index < -0.39 is 0 Å². The Bertz CT molecular complexity index is 565. The molecule has 2 aromatic heterocycles. The number of halogens is 1. The van der Waals surface area contributed by atoms with E-state index in [0.29, 0.717) is 6.04 Å². The molecule has 0 aliphatic rings. The standard InChI is InChI=1S/C16H23BrN4/c1-4-19-14(8-7-13-6-5-9-18-11-13)10-15-16(17)12(2)20-21(15)3/h5-6,9,11,14,19H,4,7-8,10H2,1-3H3. The predicted molar refractivity (Wildman–Crippen MR) is 89.4 cm³/mol. The number of nitrogens with zero attached hydrogens (tertiary/aromatic N) is 3. The highest BCUT2D eigenvalue weighted by molar-refractivity contribution is 9.10. The Kier molecular flexibility index (Phi) is 5.94.